The minimum atomic E-state index is -0.127. The fourth-order valence-corrected chi connectivity index (χ4v) is 2.07. The molecule has 19 heavy (non-hydrogen) atoms. The summed E-state index contributed by atoms with van der Waals surface area (Å²) >= 11 is 0. The van der Waals surface area contributed by atoms with Gasteiger partial charge in [0.2, 0.25) is 5.78 Å². The number of hydrogen-bond donors (Lipinski definition) is 0. The van der Waals surface area contributed by atoms with Crippen LogP contribution < -0.4 is 0 Å². The molecule has 2 heterocycles. The predicted molar refractivity (Wildman–Crippen MR) is 70.9 cm³/mol. The number of fused-ring (bicyclic) bond motifs is 1. The summed E-state index contributed by atoms with van der Waals surface area (Å²) < 4.78 is 1.82. The van der Waals surface area contributed by atoms with Gasteiger partial charge in [0, 0.05) is 31.3 Å². The van der Waals surface area contributed by atoms with Gasteiger partial charge < -0.3 is 4.57 Å². The third-order valence-electron chi connectivity index (χ3n) is 3.00. The second-order valence-corrected chi connectivity index (χ2v) is 4.10. The van der Waals surface area contributed by atoms with Crippen molar-refractivity contribution in [2.75, 3.05) is 0 Å². The molecule has 1 aromatic carbocycles. The van der Waals surface area contributed by atoms with Crippen LogP contribution in [0.4, 0.5) is 0 Å². The number of ketones is 1. The van der Waals surface area contributed by atoms with Gasteiger partial charge in [-0.25, -0.2) is 4.98 Å². The number of imidazole rings is 1. The predicted octanol–water partition coefficient (Wildman–Crippen LogP) is 2.08. The first-order chi connectivity index (χ1) is 9.31. The zero-order valence-corrected chi connectivity index (χ0v) is 10.4. The van der Waals surface area contributed by atoms with E-state index < -0.39 is 0 Å². The average molecular weight is 252 g/mol. The topological polar surface area (TPSA) is 60.7 Å². The van der Waals surface area contributed by atoms with Gasteiger partial charge >= 0.3 is 0 Å². The molecule has 3 aromatic rings. The van der Waals surface area contributed by atoms with Gasteiger partial charge in [-0.05, 0) is 19.1 Å². The van der Waals surface area contributed by atoms with Crippen LogP contribution in [-0.4, -0.2) is 25.3 Å². The van der Waals surface area contributed by atoms with Crippen molar-refractivity contribution in [3.8, 4) is 0 Å². The van der Waals surface area contributed by atoms with Gasteiger partial charge in [0.05, 0.1) is 16.6 Å². The lowest BCUT2D eigenvalue weighted by Gasteiger charge is -2.05. The Labute approximate surface area is 110 Å². The summed E-state index contributed by atoms with van der Waals surface area (Å²) in [6.45, 7) is 2.68. The van der Waals surface area contributed by atoms with E-state index in [1.54, 1.807) is 30.9 Å². The SMILES string of the molecule is CCn1ccnc1C(=O)c1cccc2nccnc12. The number of aryl methyl sites for hydroxylation is 1. The van der Waals surface area contributed by atoms with E-state index in [-0.39, 0.29) is 5.78 Å². The molecule has 0 aliphatic heterocycles. The van der Waals surface area contributed by atoms with Crippen LogP contribution in [0.5, 0.6) is 0 Å². The van der Waals surface area contributed by atoms with E-state index >= 15 is 0 Å². The van der Waals surface area contributed by atoms with Gasteiger partial charge in [0.15, 0.2) is 5.82 Å². The molecule has 5 nitrogen and oxygen atoms in total. The van der Waals surface area contributed by atoms with Crippen molar-refractivity contribution in [2.24, 2.45) is 0 Å². The first-order valence-corrected chi connectivity index (χ1v) is 6.07. The lowest BCUT2D eigenvalue weighted by Crippen LogP contribution is -2.11. The Balaban J connectivity index is 2.17. The third-order valence-corrected chi connectivity index (χ3v) is 3.00. The van der Waals surface area contributed by atoms with E-state index in [0.717, 1.165) is 0 Å². The maximum absolute atomic E-state index is 12.6. The average Bonchev–Trinajstić information content (AvgIpc) is 2.94. The number of benzene rings is 1. The van der Waals surface area contributed by atoms with Crippen molar-refractivity contribution in [3.63, 3.8) is 0 Å². The summed E-state index contributed by atoms with van der Waals surface area (Å²) in [6.07, 6.45) is 6.63. The molecule has 0 aliphatic carbocycles. The quantitative estimate of drug-likeness (QED) is 0.669. The first kappa shape index (κ1) is 11.5. The highest BCUT2D eigenvalue weighted by atomic mass is 16.1. The van der Waals surface area contributed by atoms with Crippen LogP contribution in [0.3, 0.4) is 0 Å². The Hall–Kier alpha value is -2.56. The fourth-order valence-electron chi connectivity index (χ4n) is 2.07. The van der Waals surface area contributed by atoms with Gasteiger partial charge in [-0.15, -0.1) is 0 Å². The Morgan fingerprint density at radius 3 is 2.84 bits per heavy atom. The third kappa shape index (κ3) is 1.89. The van der Waals surface area contributed by atoms with E-state index in [2.05, 4.69) is 15.0 Å². The minimum Gasteiger partial charge on any atom is -0.328 e. The van der Waals surface area contributed by atoms with Gasteiger partial charge in [-0.1, -0.05) is 6.07 Å². The number of nitrogens with zero attached hydrogens (tertiary/aromatic N) is 4. The molecule has 0 bridgehead atoms. The molecule has 0 atom stereocenters. The highest BCUT2D eigenvalue weighted by molar-refractivity contribution is 6.13. The molecule has 0 amide bonds. The number of aromatic nitrogens is 4. The van der Waals surface area contributed by atoms with Crippen molar-refractivity contribution >= 4 is 16.8 Å². The molecular formula is C14H12N4O. The highest BCUT2D eigenvalue weighted by Crippen LogP contribution is 2.17. The summed E-state index contributed by atoms with van der Waals surface area (Å²) in [4.78, 5) is 25.1. The van der Waals surface area contributed by atoms with Crippen molar-refractivity contribution < 1.29 is 4.79 Å². The molecule has 0 radical (unpaired) electrons. The monoisotopic (exact) mass is 252 g/mol. The molecule has 0 aliphatic rings. The molecule has 0 unspecified atom stereocenters. The van der Waals surface area contributed by atoms with Crippen LogP contribution in [0.1, 0.15) is 23.1 Å². The standard InChI is InChI=1S/C14H12N4O/c1-2-18-9-8-17-14(18)13(19)10-4-3-5-11-12(10)16-7-6-15-11/h3-9H,2H2,1H3. The maximum atomic E-state index is 12.6. The molecule has 94 valence electrons. The number of para-hydroxylation sites is 1. The van der Waals surface area contributed by atoms with Crippen molar-refractivity contribution in [2.45, 2.75) is 13.5 Å². The van der Waals surface area contributed by atoms with Crippen molar-refractivity contribution in [3.05, 3.63) is 54.4 Å². The lowest BCUT2D eigenvalue weighted by molar-refractivity contribution is 0.102. The zero-order valence-electron chi connectivity index (χ0n) is 10.4. The van der Waals surface area contributed by atoms with Gasteiger partial charge in [-0.2, -0.15) is 0 Å². The van der Waals surface area contributed by atoms with Gasteiger partial charge in [0.1, 0.15) is 0 Å². The van der Waals surface area contributed by atoms with Crippen LogP contribution in [0, 0.1) is 0 Å². The van der Waals surface area contributed by atoms with Crippen LogP contribution >= 0.6 is 0 Å². The second kappa shape index (κ2) is 4.61. The van der Waals surface area contributed by atoms with Crippen LogP contribution in [-0.2, 0) is 6.54 Å². The van der Waals surface area contributed by atoms with Crippen LogP contribution in [0.25, 0.3) is 11.0 Å². The van der Waals surface area contributed by atoms with Crippen LogP contribution in [0.15, 0.2) is 43.0 Å². The van der Waals surface area contributed by atoms with E-state index in [1.807, 2.05) is 23.6 Å². The minimum absolute atomic E-state index is 0.127. The summed E-state index contributed by atoms with van der Waals surface area (Å²) in [6, 6.07) is 5.41. The number of carbonyl (C=O) groups excluding carboxylic acids is 1. The maximum Gasteiger partial charge on any atom is 0.230 e. The van der Waals surface area contributed by atoms with Crippen molar-refractivity contribution in [1.82, 2.24) is 19.5 Å². The molecule has 2 aromatic heterocycles. The normalized spacial score (nSPS) is 10.8. The second-order valence-electron chi connectivity index (χ2n) is 4.10. The smallest absolute Gasteiger partial charge is 0.230 e. The molecule has 3 rings (SSSR count). The van der Waals surface area contributed by atoms with E-state index in [4.69, 9.17) is 0 Å². The Kier molecular flexibility index (Phi) is 2.79. The van der Waals surface area contributed by atoms with E-state index in [1.165, 1.54) is 0 Å². The van der Waals surface area contributed by atoms with Crippen molar-refractivity contribution in [1.29, 1.82) is 0 Å². The van der Waals surface area contributed by atoms with E-state index in [0.29, 0.717) is 29.0 Å². The molecule has 5 heteroatoms. The largest absolute Gasteiger partial charge is 0.328 e. The molecule has 0 N–H and O–H groups in total. The van der Waals surface area contributed by atoms with E-state index in [9.17, 15) is 4.79 Å². The summed E-state index contributed by atoms with van der Waals surface area (Å²) in [5, 5.41) is 0. The lowest BCUT2D eigenvalue weighted by atomic mass is 10.1. The molecule has 0 spiro atoms. The highest BCUT2D eigenvalue weighted by Gasteiger charge is 2.17. The Bertz CT molecular complexity index is 743. The summed E-state index contributed by atoms with van der Waals surface area (Å²) in [5.74, 6) is 0.304. The Morgan fingerprint density at radius 2 is 2.00 bits per heavy atom. The van der Waals surface area contributed by atoms with Gasteiger partial charge in [0.25, 0.3) is 0 Å². The first-order valence-electron chi connectivity index (χ1n) is 6.07. The number of hydrogen-bond acceptors (Lipinski definition) is 4. The number of rotatable bonds is 3. The molecule has 0 fully saturated rings. The number of carbonyl (C=O) groups is 1. The summed E-state index contributed by atoms with van der Waals surface area (Å²) in [7, 11) is 0. The van der Waals surface area contributed by atoms with Crippen LogP contribution in [0.2, 0.25) is 0 Å². The zero-order chi connectivity index (χ0) is 13.2. The Morgan fingerprint density at radius 1 is 1.16 bits per heavy atom. The molecule has 0 saturated heterocycles. The molecular weight excluding hydrogens is 240 g/mol. The fraction of sp³-hybridized carbons (Fsp3) is 0.143. The summed E-state index contributed by atoms with van der Waals surface area (Å²) in [5.41, 5.74) is 1.86. The molecule has 0 saturated carbocycles. The van der Waals surface area contributed by atoms with Gasteiger partial charge in [-0.3, -0.25) is 14.8 Å².